The molecule has 1 aliphatic rings. The van der Waals surface area contributed by atoms with E-state index in [1.165, 1.54) is 51.5 Å². The van der Waals surface area contributed by atoms with Crippen LogP contribution in [-0.2, 0) is 16.1 Å². The number of nitrogens with zero attached hydrogens (tertiary/aromatic N) is 2. The molecule has 0 fully saturated rings. The molecule has 0 spiro atoms. The van der Waals surface area contributed by atoms with Crippen molar-refractivity contribution in [3.63, 3.8) is 0 Å². The lowest BCUT2D eigenvalue weighted by atomic mass is 9.90. The van der Waals surface area contributed by atoms with E-state index in [-0.39, 0.29) is 55.9 Å². The van der Waals surface area contributed by atoms with Gasteiger partial charge in [0.1, 0.15) is 18.4 Å². The van der Waals surface area contributed by atoms with Crippen LogP contribution in [0.1, 0.15) is 40.0 Å². The number of rotatable bonds is 10. The van der Waals surface area contributed by atoms with E-state index < -0.39 is 41.0 Å². The number of hydrogen-bond acceptors (Lipinski definition) is 9. The lowest BCUT2D eigenvalue weighted by Gasteiger charge is -2.28. The number of thiazole rings is 1. The maximum Gasteiger partial charge on any atom is 0.434 e. The largest absolute Gasteiger partial charge is 0.496 e. The standard InChI is InChI=1S/C37H28ClF3N2O8S/c1-4-50-35(47)29-30(28-23-11-6-5-9-21(23)12-13-25(28)48-2)43-33(44)27(52-36(43)42-32(29)37(39,40)41)17-20-15-24(38)31(26(16-20)49-3)51-18-19-8-7-10-22(14-19)34(45)46/h5-17,30H,4,18H2,1-3H3,(H,45,46)/b27-17+/t30-/m1/s1. The van der Waals surface area contributed by atoms with Gasteiger partial charge >= 0.3 is 18.1 Å². The van der Waals surface area contributed by atoms with Crippen LogP contribution in [0.2, 0.25) is 5.02 Å². The second-order valence-corrected chi connectivity index (χ2v) is 12.7. The average molecular weight is 753 g/mol. The van der Waals surface area contributed by atoms with Crippen LogP contribution >= 0.6 is 22.9 Å². The van der Waals surface area contributed by atoms with Crippen LogP contribution in [0.15, 0.2) is 93.9 Å². The van der Waals surface area contributed by atoms with Gasteiger partial charge in [-0.1, -0.05) is 65.4 Å². The summed E-state index contributed by atoms with van der Waals surface area (Å²) >= 11 is 7.29. The fraction of sp³-hybridized carbons (Fsp3) is 0.189. The van der Waals surface area contributed by atoms with Crippen molar-refractivity contribution in [1.29, 1.82) is 0 Å². The van der Waals surface area contributed by atoms with E-state index in [0.717, 1.165) is 4.57 Å². The Balaban J connectivity index is 1.53. The summed E-state index contributed by atoms with van der Waals surface area (Å²) < 4.78 is 67.5. The molecular formula is C37H28ClF3N2O8S. The molecule has 15 heteroatoms. The molecule has 0 amide bonds. The molecule has 2 heterocycles. The van der Waals surface area contributed by atoms with Gasteiger partial charge in [-0.05, 0) is 65.2 Å². The van der Waals surface area contributed by atoms with Crippen LogP contribution in [0.5, 0.6) is 17.2 Å². The predicted molar refractivity (Wildman–Crippen MR) is 187 cm³/mol. The Labute approximate surface area is 302 Å². The van der Waals surface area contributed by atoms with Crippen LogP contribution in [0, 0.1) is 0 Å². The monoisotopic (exact) mass is 752 g/mol. The summed E-state index contributed by atoms with van der Waals surface area (Å²) in [4.78, 5) is 42.7. The Hall–Kier alpha value is -5.60. The Morgan fingerprint density at radius 3 is 2.46 bits per heavy atom. The summed E-state index contributed by atoms with van der Waals surface area (Å²) in [5.41, 5.74) is -1.96. The molecule has 6 rings (SSSR count). The first-order chi connectivity index (χ1) is 24.9. The quantitative estimate of drug-likeness (QED) is 0.162. The molecule has 1 N–H and O–H groups in total. The zero-order chi connectivity index (χ0) is 37.3. The van der Waals surface area contributed by atoms with E-state index in [0.29, 0.717) is 33.2 Å². The van der Waals surface area contributed by atoms with Gasteiger partial charge in [0.2, 0.25) is 0 Å². The van der Waals surface area contributed by atoms with Crippen LogP contribution in [0.25, 0.3) is 16.8 Å². The second-order valence-electron chi connectivity index (χ2n) is 11.3. The topological polar surface area (TPSA) is 126 Å². The summed E-state index contributed by atoms with van der Waals surface area (Å²) in [6.45, 7) is 1.19. The predicted octanol–water partition coefficient (Wildman–Crippen LogP) is 6.44. The van der Waals surface area contributed by atoms with Crippen molar-refractivity contribution in [2.24, 2.45) is 4.99 Å². The fourth-order valence-corrected chi connectivity index (χ4v) is 7.19. The number of methoxy groups -OCH3 is 2. The highest BCUT2D eigenvalue weighted by molar-refractivity contribution is 7.07. The molecule has 0 bridgehead atoms. The highest BCUT2D eigenvalue weighted by atomic mass is 35.5. The maximum atomic E-state index is 14.8. The van der Waals surface area contributed by atoms with E-state index in [1.54, 1.807) is 48.5 Å². The number of fused-ring (bicyclic) bond motifs is 2. The van der Waals surface area contributed by atoms with Gasteiger partial charge in [0, 0.05) is 5.56 Å². The van der Waals surface area contributed by atoms with Gasteiger partial charge < -0.3 is 24.1 Å². The van der Waals surface area contributed by atoms with Gasteiger partial charge in [-0.2, -0.15) is 13.2 Å². The molecule has 1 aliphatic heterocycles. The summed E-state index contributed by atoms with van der Waals surface area (Å²) in [5, 5.41) is 10.5. The number of alkyl halides is 3. The molecular weight excluding hydrogens is 725 g/mol. The molecule has 4 aromatic carbocycles. The molecule has 0 saturated heterocycles. The highest BCUT2D eigenvalue weighted by Crippen LogP contribution is 2.44. The number of carbonyl (C=O) groups is 2. The Kier molecular flexibility index (Phi) is 10.1. The molecule has 1 atom stereocenters. The van der Waals surface area contributed by atoms with E-state index in [4.69, 9.17) is 30.5 Å². The summed E-state index contributed by atoms with van der Waals surface area (Å²) in [6, 6.07) is 17.6. The normalized spacial score (nSPS) is 14.5. The molecule has 10 nitrogen and oxygen atoms in total. The lowest BCUT2D eigenvalue weighted by molar-refractivity contribution is -0.140. The number of aromatic carboxylic acids is 1. The van der Waals surface area contributed by atoms with Crippen molar-refractivity contribution < 1.29 is 46.8 Å². The molecule has 0 saturated carbocycles. The van der Waals surface area contributed by atoms with E-state index >= 15 is 0 Å². The highest BCUT2D eigenvalue weighted by Gasteiger charge is 2.46. The Morgan fingerprint density at radius 2 is 1.77 bits per heavy atom. The molecule has 0 aliphatic carbocycles. The van der Waals surface area contributed by atoms with Gasteiger partial charge in [-0.3, -0.25) is 9.36 Å². The first-order valence-electron chi connectivity index (χ1n) is 15.5. The zero-order valence-corrected chi connectivity index (χ0v) is 29.2. The first-order valence-corrected chi connectivity index (χ1v) is 16.7. The number of benzene rings is 4. The van der Waals surface area contributed by atoms with Crippen molar-refractivity contribution in [2.75, 3.05) is 20.8 Å². The van der Waals surface area contributed by atoms with E-state index in [2.05, 4.69) is 4.99 Å². The van der Waals surface area contributed by atoms with Gasteiger partial charge in [0.15, 0.2) is 22.0 Å². The zero-order valence-electron chi connectivity index (χ0n) is 27.6. The third-order valence-corrected chi connectivity index (χ3v) is 9.39. The number of ether oxygens (including phenoxy) is 4. The molecule has 268 valence electrons. The molecule has 1 aromatic heterocycles. The van der Waals surface area contributed by atoms with E-state index in [9.17, 15) is 32.7 Å². The van der Waals surface area contributed by atoms with E-state index in [1.807, 2.05) is 0 Å². The van der Waals surface area contributed by atoms with Gasteiger partial charge in [-0.25, -0.2) is 14.6 Å². The number of allylic oxidation sites excluding steroid dienone is 1. The minimum atomic E-state index is -5.10. The van der Waals surface area contributed by atoms with Crippen LogP contribution in [0.4, 0.5) is 13.2 Å². The van der Waals surface area contributed by atoms with Crippen LogP contribution in [-0.4, -0.2) is 48.6 Å². The Morgan fingerprint density at radius 1 is 1.02 bits per heavy atom. The van der Waals surface area contributed by atoms with Gasteiger partial charge in [0.25, 0.3) is 5.56 Å². The first kappa shape index (κ1) is 36.2. The smallest absolute Gasteiger partial charge is 0.434 e. The van der Waals surface area contributed by atoms with Gasteiger partial charge in [0.05, 0.1) is 41.5 Å². The minimum absolute atomic E-state index is 0.0214. The molecule has 0 radical (unpaired) electrons. The van der Waals surface area contributed by atoms with Crippen molar-refractivity contribution in [3.8, 4) is 17.2 Å². The summed E-state index contributed by atoms with van der Waals surface area (Å²) in [7, 11) is 2.71. The molecule has 0 unspecified atom stereocenters. The van der Waals surface area contributed by atoms with Crippen LogP contribution in [0.3, 0.4) is 0 Å². The third-order valence-electron chi connectivity index (χ3n) is 8.13. The number of carbonyl (C=O) groups excluding carboxylic acids is 1. The number of halogens is 4. The minimum Gasteiger partial charge on any atom is -0.496 e. The number of esters is 1. The Bertz CT molecular complexity index is 2460. The lowest BCUT2D eigenvalue weighted by Crippen LogP contribution is -2.41. The molecule has 5 aromatic rings. The summed E-state index contributed by atoms with van der Waals surface area (Å²) in [5.74, 6) is -1.93. The maximum absolute atomic E-state index is 14.8. The van der Waals surface area contributed by atoms with Crippen molar-refractivity contribution in [2.45, 2.75) is 25.7 Å². The fourth-order valence-electron chi connectivity index (χ4n) is 5.91. The number of hydrogen-bond donors (Lipinski definition) is 1. The molecule has 52 heavy (non-hydrogen) atoms. The SMILES string of the molecule is CCOC(=O)C1=C(C(F)(F)F)N=c2s/c(=C/c3cc(Cl)c(OCc4cccc(C(=O)O)c4)c(OC)c3)c(=O)n2[C@@H]1c1c(OC)ccc2ccccc12. The van der Waals surface area contributed by atoms with Crippen LogP contribution < -0.4 is 29.1 Å². The number of aromatic nitrogens is 1. The van der Waals surface area contributed by atoms with Gasteiger partial charge in [-0.15, -0.1) is 0 Å². The van der Waals surface area contributed by atoms with Crippen molar-refractivity contribution >= 4 is 51.7 Å². The van der Waals surface area contributed by atoms with Crippen molar-refractivity contribution in [3.05, 3.63) is 131 Å². The number of carboxylic acid groups (broad SMARTS) is 1. The summed E-state index contributed by atoms with van der Waals surface area (Å²) in [6.07, 6.45) is -3.68. The number of carboxylic acids is 1. The third kappa shape index (κ3) is 6.86. The average Bonchev–Trinajstić information content (AvgIpc) is 3.43. The second kappa shape index (κ2) is 14.6. The van der Waals surface area contributed by atoms with Crippen molar-refractivity contribution in [1.82, 2.24) is 4.57 Å².